The molecule has 2 aromatic carbocycles. The van der Waals surface area contributed by atoms with Crippen molar-refractivity contribution in [1.29, 1.82) is 0 Å². The van der Waals surface area contributed by atoms with Gasteiger partial charge >= 0.3 is 12.0 Å². The molecular weight excluding hydrogens is 385 g/mol. The molecule has 2 amide bonds. The van der Waals surface area contributed by atoms with Crippen molar-refractivity contribution in [3.8, 4) is 0 Å². The van der Waals surface area contributed by atoms with Crippen LogP contribution < -0.4 is 15.5 Å². The Balaban J connectivity index is 1.50. The van der Waals surface area contributed by atoms with Gasteiger partial charge in [-0.15, -0.1) is 0 Å². The van der Waals surface area contributed by atoms with Crippen LogP contribution >= 0.6 is 0 Å². The standard InChI is InChI=1S/C23H28FN3O3/c1-3-30-22(28)18-5-4-6-20(14-18)27(2)23(29)26-21-12-9-17(15-25-21)13-16-7-10-19(24)11-8-16/h4-8,10-11,14,17,21,25H,3,9,12-13,15H2,1-2H3,(H,26,29)/t17-,21+/m0/s1. The maximum absolute atomic E-state index is 13.0. The number of anilines is 1. The van der Waals surface area contributed by atoms with Gasteiger partial charge in [0, 0.05) is 19.3 Å². The third-order valence-corrected chi connectivity index (χ3v) is 5.30. The van der Waals surface area contributed by atoms with Crippen molar-refractivity contribution in [3.05, 3.63) is 65.5 Å². The zero-order valence-electron chi connectivity index (χ0n) is 17.4. The van der Waals surface area contributed by atoms with Crippen LogP contribution in [-0.4, -0.2) is 38.4 Å². The van der Waals surface area contributed by atoms with Gasteiger partial charge in [0.25, 0.3) is 0 Å². The fourth-order valence-electron chi connectivity index (χ4n) is 3.59. The number of hydrogen-bond donors (Lipinski definition) is 2. The van der Waals surface area contributed by atoms with Gasteiger partial charge in [0.05, 0.1) is 18.3 Å². The van der Waals surface area contributed by atoms with E-state index in [1.807, 2.05) is 12.1 Å². The molecule has 0 unspecified atom stereocenters. The lowest BCUT2D eigenvalue weighted by atomic mass is 9.91. The molecule has 0 radical (unpaired) electrons. The van der Waals surface area contributed by atoms with Gasteiger partial charge in [-0.2, -0.15) is 0 Å². The highest BCUT2D eigenvalue weighted by Gasteiger charge is 2.23. The van der Waals surface area contributed by atoms with E-state index in [9.17, 15) is 14.0 Å². The number of esters is 1. The average molecular weight is 413 g/mol. The Hall–Kier alpha value is -2.93. The van der Waals surface area contributed by atoms with Crippen molar-refractivity contribution in [2.24, 2.45) is 5.92 Å². The number of hydrogen-bond acceptors (Lipinski definition) is 4. The Kier molecular flexibility index (Phi) is 7.41. The van der Waals surface area contributed by atoms with Gasteiger partial charge in [-0.3, -0.25) is 10.2 Å². The molecule has 0 spiro atoms. The SMILES string of the molecule is CCOC(=O)c1cccc(N(C)C(=O)N[C@@H]2CC[C@@H](Cc3ccc(F)cc3)CN2)c1. The minimum atomic E-state index is -0.408. The molecule has 1 heterocycles. The Bertz CT molecular complexity index is 864. The first-order valence-corrected chi connectivity index (χ1v) is 10.3. The number of carbonyl (C=O) groups excluding carboxylic acids is 2. The van der Waals surface area contributed by atoms with Crippen LogP contribution in [-0.2, 0) is 11.2 Å². The van der Waals surface area contributed by atoms with Crippen LogP contribution in [0.4, 0.5) is 14.9 Å². The molecule has 0 aliphatic carbocycles. The van der Waals surface area contributed by atoms with E-state index in [1.54, 1.807) is 38.2 Å². The van der Waals surface area contributed by atoms with Crippen LogP contribution in [0.3, 0.4) is 0 Å². The molecule has 30 heavy (non-hydrogen) atoms. The van der Waals surface area contributed by atoms with Crippen LogP contribution in [0.15, 0.2) is 48.5 Å². The first-order chi connectivity index (χ1) is 14.5. The topological polar surface area (TPSA) is 70.7 Å². The van der Waals surface area contributed by atoms with Crippen molar-refractivity contribution in [3.63, 3.8) is 0 Å². The number of amides is 2. The quantitative estimate of drug-likeness (QED) is 0.708. The predicted octanol–water partition coefficient (Wildman–Crippen LogP) is 3.72. The predicted molar refractivity (Wildman–Crippen MR) is 114 cm³/mol. The Labute approximate surface area is 176 Å². The molecule has 0 aromatic heterocycles. The van der Waals surface area contributed by atoms with Crippen LogP contribution in [0.1, 0.15) is 35.7 Å². The van der Waals surface area contributed by atoms with Gasteiger partial charge in [0.1, 0.15) is 5.82 Å². The Morgan fingerprint density at radius 1 is 1.20 bits per heavy atom. The highest BCUT2D eigenvalue weighted by atomic mass is 19.1. The molecule has 1 aliphatic heterocycles. The summed E-state index contributed by atoms with van der Waals surface area (Å²) in [6.45, 7) is 2.84. The van der Waals surface area contributed by atoms with Crippen molar-refractivity contribution < 1.29 is 18.7 Å². The molecule has 0 bridgehead atoms. The summed E-state index contributed by atoms with van der Waals surface area (Å²) in [5, 5.41) is 6.37. The van der Waals surface area contributed by atoms with Gasteiger partial charge in [-0.05, 0) is 68.0 Å². The van der Waals surface area contributed by atoms with E-state index in [0.717, 1.165) is 31.4 Å². The number of nitrogens with zero attached hydrogens (tertiary/aromatic N) is 1. The normalized spacial score (nSPS) is 18.5. The fourth-order valence-corrected chi connectivity index (χ4v) is 3.59. The van der Waals surface area contributed by atoms with Crippen molar-refractivity contribution in [1.82, 2.24) is 10.6 Å². The highest BCUT2D eigenvalue weighted by molar-refractivity contribution is 5.95. The van der Waals surface area contributed by atoms with Crippen LogP contribution in [0, 0.1) is 11.7 Å². The lowest BCUT2D eigenvalue weighted by Crippen LogP contribution is -2.53. The maximum atomic E-state index is 13.0. The summed E-state index contributed by atoms with van der Waals surface area (Å²) >= 11 is 0. The van der Waals surface area contributed by atoms with Gasteiger partial charge in [0.2, 0.25) is 0 Å². The van der Waals surface area contributed by atoms with E-state index in [1.165, 1.54) is 17.0 Å². The van der Waals surface area contributed by atoms with Gasteiger partial charge in [0.15, 0.2) is 0 Å². The molecule has 1 aliphatic rings. The summed E-state index contributed by atoms with van der Waals surface area (Å²) in [6.07, 6.45) is 2.55. The molecular formula is C23H28FN3O3. The summed E-state index contributed by atoms with van der Waals surface area (Å²) in [6, 6.07) is 13.2. The van der Waals surface area contributed by atoms with E-state index >= 15 is 0 Å². The maximum Gasteiger partial charge on any atom is 0.338 e. The second-order valence-corrected chi connectivity index (χ2v) is 7.51. The zero-order valence-corrected chi connectivity index (χ0v) is 17.4. The summed E-state index contributed by atoms with van der Waals surface area (Å²) in [4.78, 5) is 26.0. The Morgan fingerprint density at radius 3 is 2.63 bits per heavy atom. The summed E-state index contributed by atoms with van der Waals surface area (Å²) < 4.78 is 18.1. The lowest BCUT2D eigenvalue weighted by molar-refractivity contribution is 0.0526. The third-order valence-electron chi connectivity index (χ3n) is 5.30. The monoisotopic (exact) mass is 413 g/mol. The highest BCUT2D eigenvalue weighted by Crippen LogP contribution is 2.20. The van der Waals surface area contributed by atoms with Gasteiger partial charge in [-0.25, -0.2) is 14.0 Å². The molecule has 2 atom stereocenters. The Morgan fingerprint density at radius 2 is 1.97 bits per heavy atom. The minimum absolute atomic E-state index is 0.113. The number of carbonyl (C=O) groups is 2. The minimum Gasteiger partial charge on any atom is -0.462 e. The van der Waals surface area contributed by atoms with Crippen LogP contribution in [0.2, 0.25) is 0 Å². The number of benzene rings is 2. The number of ether oxygens (including phenoxy) is 1. The third kappa shape index (κ3) is 5.79. The molecule has 160 valence electrons. The molecule has 2 aromatic rings. The lowest BCUT2D eigenvalue weighted by Gasteiger charge is -2.32. The summed E-state index contributed by atoms with van der Waals surface area (Å²) in [5.74, 6) is -0.183. The molecule has 6 nitrogen and oxygen atoms in total. The second kappa shape index (κ2) is 10.2. The van der Waals surface area contributed by atoms with E-state index in [0.29, 0.717) is 23.8 Å². The average Bonchev–Trinajstić information content (AvgIpc) is 2.76. The van der Waals surface area contributed by atoms with Crippen LogP contribution in [0.25, 0.3) is 0 Å². The molecule has 7 heteroatoms. The fraction of sp³-hybridized carbons (Fsp3) is 0.391. The first kappa shape index (κ1) is 21.8. The first-order valence-electron chi connectivity index (χ1n) is 10.3. The molecule has 1 fully saturated rings. The summed E-state index contributed by atoms with van der Waals surface area (Å²) in [7, 11) is 1.67. The number of nitrogens with one attached hydrogen (secondary N) is 2. The van der Waals surface area contributed by atoms with E-state index in [4.69, 9.17) is 4.74 Å². The second-order valence-electron chi connectivity index (χ2n) is 7.51. The molecule has 3 rings (SSSR count). The molecule has 0 saturated carbocycles. The van der Waals surface area contributed by atoms with Crippen molar-refractivity contribution >= 4 is 17.7 Å². The number of rotatable bonds is 6. The van der Waals surface area contributed by atoms with E-state index in [2.05, 4.69) is 10.6 Å². The zero-order chi connectivity index (χ0) is 21.5. The van der Waals surface area contributed by atoms with E-state index in [-0.39, 0.29) is 18.0 Å². The van der Waals surface area contributed by atoms with E-state index < -0.39 is 5.97 Å². The van der Waals surface area contributed by atoms with Crippen LogP contribution in [0.5, 0.6) is 0 Å². The largest absolute Gasteiger partial charge is 0.462 e. The summed E-state index contributed by atoms with van der Waals surface area (Å²) in [5.41, 5.74) is 2.14. The van der Waals surface area contributed by atoms with Gasteiger partial charge in [-0.1, -0.05) is 18.2 Å². The number of urea groups is 1. The number of halogens is 1. The number of piperidine rings is 1. The molecule has 2 N–H and O–H groups in total. The van der Waals surface area contributed by atoms with Gasteiger partial charge < -0.3 is 10.1 Å². The van der Waals surface area contributed by atoms with Crippen molar-refractivity contribution in [2.75, 3.05) is 25.1 Å². The smallest absolute Gasteiger partial charge is 0.338 e. The van der Waals surface area contributed by atoms with Crippen molar-refractivity contribution in [2.45, 2.75) is 32.4 Å². The molecule has 1 saturated heterocycles.